The molecule has 1 fully saturated rings. The van der Waals surface area contributed by atoms with E-state index in [4.69, 9.17) is 10.2 Å². The number of nitrogens with one attached hydrogen (secondary N) is 1. The first-order valence-electron chi connectivity index (χ1n) is 6.20. The Morgan fingerprint density at radius 1 is 1.56 bits per heavy atom. The maximum absolute atomic E-state index is 11.4. The number of anilines is 1. The number of piperidine rings is 1. The van der Waals surface area contributed by atoms with Crippen molar-refractivity contribution in [2.45, 2.75) is 38.3 Å². The van der Waals surface area contributed by atoms with Crippen molar-refractivity contribution in [3.63, 3.8) is 0 Å². The van der Waals surface area contributed by atoms with E-state index < -0.39 is 0 Å². The van der Waals surface area contributed by atoms with E-state index in [-0.39, 0.29) is 18.0 Å². The van der Waals surface area contributed by atoms with E-state index in [2.05, 4.69) is 15.5 Å². The molecule has 0 bridgehead atoms. The normalized spacial score (nSPS) is 21.9. The topological polar surface area (TPSA) is 97.3 Å². The molecule has 1 aromatic heterocycles. The maximum atomic E-state index is 11.4. The largest absolute Gasteiger partial charge is 0.406 e. The molecule has 7 heteroatoms. The number of carbonyl (C=O) groups excluding carboxylic acids is 1. The number of primary amides is 1. The van der Waals surface area contributed by atoms with E-state index >= 15 is 0 Å². The molecule has 2 heterocycles. The second-order valence-electron chi connectivity index (χ2n) is 4.54. The summed E-state index contributed by atoms with van der Waals surface area (Å²) in [6.45, 7) is 2.65. The van der Waals surface area contributed by atoms with Crippen LogP contribution in [0.1, 0.15) is 38.1 Å². The molecule has 2 atom stereocenters. The van der Waals surface area contributed by atoms with Crippen LogP contribution in [0.15, 0.2) is 4.42 Å². The van der Waals surface area contributed by atoms with Gasteiger partial charge in [0, 0.05) is 6.54 Å². The molecule has 3 N–H and O–H groups in total. The van der Waals surface area contributed by atoms with Crippen LogP contribution in [0.5, 0.6) is 0 Å². The van der Waals surface area contributed by atoms with Crippen LogP contribution < -0.4 is 16.0 Å². The predicted molar refractivity (Wildman–Crippen MR) is 66.0 cm³/mol. The van der Waals surface area contributed by atoms with E-state index in [1.54, 1.807) is 0 Å². The third-order valence-corrected chi connectivity index (χ3v) is 3.31. The van der Waals surface area contributed by atoms with Crippen molar-refractivity contribution in [2.24, 2.45) is 5.73 Å². The Labute approximate surface area is 106 Å². The van der Waals surface area contributed by atoms with Crippen LogP contribution in [0.25, 0.3) is 0 Å². The quantitative estimate of drug-likeness (QED) is 0.795. The Kier molecular flexibility index (Phi) is 3.81. The minimum Gasteiger partial charge on any atom is -0.406 e. The van der Waals surface area contributed by atoms with Gasteiger partial charge in [-0.25, -0.2) is 0 Å². The van der Waals surface area contributed by atoms with Crippen LogP contribution in [0.2, 0.25) is 0 Å². The molecule has 100 valence electrons. The average Bonchev–Trinajstić information content (AvgIpc) is 2.87. The number of hydrogen-bond donors (Lipinski definition) is 2. The summed E-state index contributed by atoms with van der Waals surface area (Å²) in [5.41, 5.74) is 5.40. The van der Waals surface area contributed by atoms with E-state index in [0.717, 1.165) is 25.8 Å². The van der Waals surface area contributed by atoms with E-state index in [0.29, 0.717) is 11.9 Å². The lowest BCUT2D eigenvalue weighted by Gasteiger charge is -2.31. The van der Waals surface area contributed by atoms with E-state index in [1.165, 1.54) is 0 Å². The third kappa shape index (κ3) is 2.45. The van der Waals surface area contributed by atoms with Gasteiger partial charge >= 0.3 is 6.01 Å². The molecule has 1 amide bonds. The standard InChI is InChI=1S/C11H19N5O2/c1-7(13-2)10-14-15-11(18-10)16-6-4-3-5-8(16)9(12)17/h7-8,13H,3-6H2,1-2H3,(H2,12,17). The third-order valence-electron chi connectivity index (χ3n) is 3.31. The molecule has 0 spiro atoms. The van der Waals surface area contributed by atoms with Gasteiger partial charge in [0.25, 0.3) is 0 Å². The zero-order valence-electron chi connectivity index (χ0n) is 10.7. The molecule has 0 saturated carbocycles. The van der Waals surface area contributed by atoms with Gasteiger partial charge in [-0.3, -0.25) is 4.79 Å². The Hall–Kier alpha value is -1.63. The summed E-state index contributed by atoms with van der Waals surface area (Å²) < 4.78 is 5.59. The van der Waals surface area contributed by atoms with Crippen LogP contribution in [-0.4, -0.2) is 35.7 Å². The molecule has 7 nitrogen and oxygen atoms in total. The molecule has 1 aliphatic heterocycles. The molecule has 1 saturated heterocycles. The van der Waals surface area contributed by atoms with Gasteiger partial charge in [0.15, 0.2) is 0 Å². The van der Waals surface area contributed by atoms with Gasteiger partial charge in [-0.05, 0) is 33.2 Å². The van der Waals surface area contributed by atoms with E-state index in [9.17, 15) is 4.79 Å². The van der Waals surface area contributed by atoms with Crippen molar-refractivity contribution < 1.29 is 9.21 Å². The van der Waals surface area contributed by atoms with Crippen molar-refractivity contribution in [1.29, 1.82) is 0 Å². The number of amides is 1. The molecule has 1 aliphatic rings. The zero-order valence-corrected chi connectivity index (χ0v) is 10.7. The molecular weight excluding hydrogens is 234 g/mol. The van der Waals surface area contributed by atoms with Crippen molar-refractivity contribution in [3.05, 3.63) is 5.89 Å². The summed E-state index contributed by atoms with van der Waals surface area (Å²) >= 11 is 0. The van der Waals surface area contributed by atoms with Crippen LogP contribution >= 0.6 is 0 Å². The minimum absolute atomic E-state index is 0.0110. The summed E-state index contributed by atoms with van der Waals surface area (Å²) in [4.78, 5) is 13.2. The summed E-state index contributed by atoms with van der Waals surface area (Å²) in [6.07, 6.45) is 2.75. The molecule has 0 aromatic carbocycles. The van der Waals surface area contributed by atoms with Gasteiger partial charge in [0.1, 0.15) is 6.04 Å². The Morgan fingerprint density at radius 2 is 2.33 bits per heavy atom. The van der Waals surface area contributed by atoms with Crippen molar-refractivity contribution in [2.75, 3.05) is 18.5 Å². The van der Waals surface area contributed by atoms with Crippen LogP contribution in [0.4, 0.5) is 6.01 Å². The predicted octanol–water partition coefficient (Wildman–Crippen LogP) is 0.194. The molecule has 0 radical (unpaired) electrons. The second-order valence-corrected chi connectivity index (χ2v) is 4.54. The van der Waals surface area contributed by atoms with E-state index in [1.807, 2.05) is 18.9 Å². The SMILES string of the molecule is CNC(C)c1nnc(N2CCCCC2C(N)=O)o1. The van der Waals surface area contributed by atoms with Crippen LogP contribution in [0, 0.1) is 0 Å². The number of nitrogens with two attached hydrogens (primary N) is 1. The second kappa shape index (κ2) is 5.34. The number of nitrogens with zero attached hydrogens (tertiary/aromatic N) is 3. The zero-order chi connectivity index (χ0) is 13.1. The van der Waals surface area contributed by atoms with Crippen LogP contribution in [-0.2, 0) is 4.79 Å². The summed E-state index contributed by atoms with van der Waals surface area (Å²) in [5, 5.41) is 11.0. The first-order valence-corrected chi connectivity index (χ1v) is 6.20. The number of hydrogen-bond acceptors (Lipinski definition) is 6. The molecule has 2 unspecified atom stereocenters. The first kappa shape index (κ1) is 12.8. The van der Waals surface area contributed by atoms with Crippen molar-refractivity contribution >= 4 is 11.9 Å². The highest BCUT2D eigenvalue weighted by Crippen LogP contribution is 2.24. The first-order chi connectivity index (χ1) is 8.63. The maximum Gasteiger partial charge on any atom is 0.318 e. The number of aromatic nitrogens is 2. The molecule has 0 aliphatic carbocycles. The van der Waals surface area contributed by atoms with Gasteiger partial charge in [-0.15, -0.1) is 5.10 Å². The Bertz CT molecular complexity index is 419. The number of carbonyl (C=O) groups is 1. The Morgan fingerprint density at radius 3 is 3.00 bits per heavy atom. The van der Waals surface area contributed by atoms with Crippen molar-refractivity contribution in [3.8, 4) is 0 Å². The fourth-order valence-corrected chi connectivity index (χ4v) is 2.10. The minimum atomic E-state index is -0.337. The summed E-state index contributed by atoms with van der Waals surface area (Å²) in [5.74, 6) is 0.178. The lowest BCUT2D eigenvalue weighted by Crippen LogP contribution is -2.48. The Balaban J connectivity index is 2.18. The van der Waals surface area contributed by atoms with Crippen molar-refractivity contribution in [1.82, 2.24) is 15.5 Å². The molecule has 18 heavy (non-hydrogen) atoms. The van der Waals surface area contributed by atoms with Gasteiger partial charge in [0.05, 0.1) is 6.04 Å². The van der Waals surface area contributed by atoms with Gasteiger partial charge in [0.2, 0.25) is 11.8 Å². The highest BCUT2D eigenvalue weighted by molar-refractivity contribution is 5.83. The lowest BCUT2D eigenvalue weighted by atomic mass is 10.0. The molecular formula is C11H19N5O2. The van der Waals surface area contributed by atoms with Gasteiger partial charge in [-0.1, -0.05) is 5.10 Å². The summed E-state index contributed by atoms with van der Waals surface area (Å²) in [6, 6.07) is 0.0376. The van der Waals surface area contributed by atoms with Crippen LogP contribution in [0.3, 0.4) is 0 Å². The van der Waals surface area contributed by atoms with Gasteiger partial charge in [-0.2, -0.15) is 0 Å². The molecule has 2 rings (SSSR count). The highest BCUT2D eigenvalue weighted by Gasteiger charge is 2.30. The summed E-state index contributed by atoms with van der Waals surface area (Å²) in [7, 11) is 1.82. The fraction of sp³-hybridized carbons (Fsp3) is 0.727. The number of rotatable bonds is 4. The lowest BCUT2D eigenvalue weighted by molar-refractivity contribution is -0.119. The smallest absolute Gasteiger partial charge is 0.318 e. The molecule has 1 aromatic rings. The monoisotopic (exact) mass is 253 g/mol. The average molecular weight is 253 g/mol. The fourth-order valence-electron chi connectivity index (χ4n) is 2.10. The van der Waals surface area contributed by atoms with Gasteiger partial charge < -0.3 is 20.4 Å². The highest BCUT2D eigenvalue weighted by atomic mass is 16.4.